The molecule has 2 heterocycles. The summed E-state index contributed by atoms with van der Waals surface area (Å²) in [5.41, 5.74) is -0.973. The number of thiophene rings is 1. The van der Waals surface area contributed by atoms with Crippen LogP contribution in [0.3, 0.4) is 0 Å². The summed E-state index contributed by atoms with van der Waals surface area (Å²) in [7, 11) is -3.53. The van der Waals surface area contributed by atoms with Crippen molar-refractivity contribution in [3.63, 3.8) is 0 Å². The van der Waals surface area contributed by atoms with E-state index in [1.165, 1.54) is 15.6 Å². The second-order valence-electron chi connectivity index (χ2n) is 4.82. The van der Waals surface area contributed by atoms with Crippen molar-refractivity contribution >= 4 is 27.3 Å². The second kappa shape index (κ2) is 4.32. The molecule has 1 N–H and O–H groups in total. The van der Waals surface area contributed by atoms with Gasteiger partial charge in [0.25, 0.3) is 10.0 Å². The van der Waals surface area contributed by atoms with Crippen LogP contribution in [0.2, 0.25) is 0 Å². The molecule has 1 aromatic heterocycles. The first-order chi connectivity index (χ1) is 8.25. The molecular formula is C11H15NO4S2. The third-order valence-electron chi connectivity index (χ3n) is 3.26. The van der Waals surface area contributed by atoms with Gasteiger partial charge in [0.1, 0.15) is 4.21 Å². The molecule has 1 saturated heterocycles. The smallest absolute Gasteiger partial charge is 0.310 e. The average Bonchev–Trinajstić information content (AvgIpc) is 2.86. The van der Waals surface area contributed by atoms with Crippen molar-refractivity contribution in [2.24, 2.45) is 5.41 Å². The Labute approximate surface area is 110 Å². The maximum Gasteiger partial charge on any atom is 0.310 e. The van der Waals surface area contributed by atoms with E-state index in [0.717, 1.165) is 4.88 Å². The number of sulfonamides is 1. The molecular weight excluding hydrogens is 274 g/mol. The summed E-state index contributed by atoms with van der Waals surface area (Å²) in [5.74, 6) is -0.942. The lowest BCUT2D eigenvalue weighted by molar-refractivity contribution is -0.146. The minimum absolute atomic E-state index is 0.0433. The first kappa shape index (κ1) is 13.5. The maximum absolute atomic E-state index is 12.3. The minimum atomic E-state index is -3.53. The van der Waals surface area contributed by atoms with E-state index in [2.05, 4.69) is 0 Å². The molecule has 1 aliphatic heterocycles. The molecule has 1 aliphatic rings. The van der Waals surface area contributed by atoms with Gasteiger partial charge in [-0.3, -0.25) is 4.79 Å². The van der Waals surface area contributed by atoms with Crippen LogP contribution in [0.5, 0.6) is 0 Å². The molecule has 1 atom stereocenters. The van der Waals surface area contributed by atoms with Crippen molar-refractivity contribution in [3.8, 4) is 0 Å². The first-order valence-electron chi connectivity index (χ1n) is 5.56. The largest absolute Gasteiger partial charge is 0.481 e. The summed E-state index contributed by atoms with van der Waals surface area (Å²) < 4.78 is 26.2. The first-order valence-corrected chi connectivity index (χ1v) is 7.81. The Morgan fingerprint density at radius 3 is 2.61 bits per heavy atom. The van der Waals surface area contributed by atoms with Crippen molar-refractivity contribution in [2.75, 3.05) is 13.1 Å². The third kappa shape index (κ3) is 2.17. The van der Waals surface area contributed by atoms with Gasteiger partial charge in [-0.25, -0.2) is 8.42 Å². The Hall–Kier alpha value is -0.920. The SMILES string of the molecule is Cc1ccc(S(=O)(=O)N2CCC(C)(C(=O)O)C2)s1. The van der Waals surface area contributed by atoms with Crippen LogP contribution in [0.1, 0.15) is 18.2 Å². The fraction of sp³-hybridized carbons (Fsp3) is 0.545. The number of hydrogen-bond acceptors (Lipinski definition) is 4. The van der Waals surface area contributed by atoms with Gasteiger partial charge in [0.15, 0.2) is 0 Å². The van der Waals surface area contributed by atoms with Gasteiger partial charge in [0, 0.05) is 18.0 Å². The molecule has 5 nitrogen and oxygen atoms in total. The maximum atomic E-state index is 12.3. The quantitative estimate of drug-likeness (QED) is 0.916. The second-order valence-corrected chi connectivity index (χ2v) is 8.27. The highest BCUT2D eigenvalue weighted by atomic mass is 32.2. The van der Waals surface area contributed by atoms with E-state index in [0.29, 0.717) is 6.42 Å². The molecule has 0 saturated carbocycles. The Kier molecular flexibility index (Phi) is 3.25. The van der Waals surface area contributed by atoms with Gasteiger partial charge in [-0.1, -0.05) is 0 Å². The highest BCUT2D eigenvalue weighted by molar-refractivity contribution is 7.91. The van der Waals surface area contributed by atoms with Crippen LogP contribution >= 0.6 is 11.3 Å². The Bertz CT molecular complexity index is 578. The van der Waals surface area contributed by atoms with Crippen LogP contribution < -0.4 is 0 Å². The van der Waals surface area contributed by atoms with E-state index in [4.69, 9.17) is 5.11 Å². The molecule has 0 amide bonds. The summed E-state index contributed by atoms with van der Waals surface area (Å²) >= 11 is 1.21. The topological polar surface area (TPSA) is 74.7 Å². The molecule has 2 rings (SSSR count). The average molecular weight is 289 g/mol. The van der Waals surface area contributed by atoms with Gasteiger partial charge in [-0.15, -0.1) is 11.3 Å². The van der Waals surface area contributed by atoms with Gasteiger partial charge in [0.05, 0.1) is 5.41 Å². The lowest BCUT2D eigenvalue weighted by Crippen LogP contribution is -2.34. The van der Waals surface area contributed by atoms with E-state index < -0.39 is 21.4 Å². The number of hydrogen-bond donors (Lipinski definition) is 1. The van der Waals surface area contributed by atoms with E-state index >= 15 is 0 Å². The van der Waals surface area contributed by atoms with Crippen LogP contribution in [-0.2, 0) is 14.8 Å². The van der Waals surface area contributed by atoms with Crippen LogP contribution in [0.15, 0.2) is 16.3 Å². The number of aryl methyl sites for hydroxylation is 1. The number of carboxylic acids is 1. The molecule has 7 heteroatoms. The van der Waals surface area contributed by atoms with Crippen LogP contribution in [-0.4, -0.2) is 36.9 Å². The molecule has 18 heavy (non-hydrogen) atoms. The van der Waals surface area contributed by atoms with Crippen molar-refractivity contribution in [2.45, 2.75) is 24.5 Å². The van der Waals surface area contributed by atoms with Crippen molar-refractivity contribution in [1.82, 2.24) is 4.31 Å². The van der Waals surface area contributed by atoms with Crippen LogP contribution in [0.4, 0.5) is 0 Å². The van der Waals surface area contributed by atoms with E-state index in [9.17, 15) is 13.2 Å². The Morgan fingerprint density at radius 1 is 1.50 bits per heavy atom. The fourth-order valence-electron chi connectivity index (χ4n) is 1.98. The lowest BCUT2D eigenvalue weighted by atomic mass is 9.90. The summed E-state index contributed by atoms with van der Waals surface area (Å²) in [4.78, 5) is 12.0. The highest BCUT2D eigenvalue weighted by Gasteiger charge is 2.45. The monoisotopic (exact) mass is 289 g/mol. The molecule has 0 aliphatic carbocycles. The molecule has 1 aromatic rings. The van der Waals surface area contributed by atoms with E-state index in [1.807, 2.05) is 6.92 Å². The van der Waals surface area contributed by atoms with Gasteiger partial charge < -0.3 is 5.11 Å². The summed E-state index contributed by atoms with van der Waals surface area (Å²) in [5, 5.41) is 9.11. The molecule has 0 aromatic carbocycles. The van der Waals surface area contributed by atoms with Gasteiger partial charge in [-0.05, 0) is 32.4 Å². The predicted octanol–water partition coefficient (Wildman–Crippen LogP) is 1.54. The highest BCUT2D eigenvalue weighted by Crippen LogP contribution is 2.35. The fourth-order valence-corrected chi connectivity index (χ4v) is 4.98. The van der Waals surface area contributed by atoms with Crippen LogP contribution in [0, 0.1) is 12.3 Å². The number of carboxylic acid groups (broad SMARTS) is 1. The zero-order valence-electron chi connectivity index (χ0n) is 10.2. The van der Waals surface area contributed by atoms with Crippen molar-refractivity contribution < 1.29 is 18.3 Å². The standard InChI is InChI=1S/C11H15NO4S2/c1-8-3-4-9(17-8)18(15,16)12-6-5-11(2,7-12)10(13)14/h3-4H,5-7H2,1-2H3,(H,13,14). The molecule has 1 fully saturated rings. The molecule has 1 unspecified atom stereocenters. The zero-order valence-corrected chi connectivity index (χ0v) is 11.8. The molecule has 0 spiro atoms. The number of rotatable bonds is 3. The van der Waals surface area contributed by atoms with Crippen molar-refractivity contribution in [1.29, 1.82) is 0 Å². The summed E-state index contributed by atoms with van der Waals surface area (Å²) in [6.45, 7) is 3.74. The van der Waals surface area contributed by atoms with Crippen LogP contribution in [0.25, 0.3) is 0 Å². The van der Waals surface area contributed by atoms with Gasteiger partial charge in [0.2, 0.25) is 0 Å². The number of aliphatic carboxylic acids is 1. The molecule has 0 radical (unpaired) electrons. The zero-order chi connectivity index (χ0) is 13.6. The van der Waals surface area contributed by atoms with Crippen molar-refractivity contribution in [3.05, 3.63) is 17.0 Å². The third-order valence-corrected chi connectivity index (χ3v) is 6.58. The van der Waals surface area contributed by atoms with E-state index in [1.54, 1.807) is 19.1 Å². The Morgan fingerprint density at radius 2 is 2.17 bits per heavy atom. The summed E-state index contributed by atoms with van der Waals surface area (Å²) in [6.07, 6.45) is 0.353. The minimum Gasteiger partial charge on any atom is -0.481 e. The lowest BCUT2D eigenvalue weighted by Gasteiger charge is -2.19. The number of nitrogens with zero attached hydrogens (tertiary/aromatic N) is 1. The van der Waals surface area contributed by atoms with Gasteiger partial charge >= 0.3 is 5.97 Å². The summed E-state index contributed by atoms with van der Waals surface area (Å²) in [6, 6.07) is 3.33. The normalized spacial score (nSPS) is 25.4. The van der Waals surface area contributed by atoms with Gasteiger partial charge in [-0.2, -0.15) is 4.31 Å². The predicted molar refractivity (Wildman–Crippen MR) is 68.2 cm³/mol. The van der Waals surface area contributed by atoms with E-state index in [-0.39, 0.29) is 17.3 Å². The molecule has 100 valence electrons. The molecule has 0 bridgehead atoms. The Balaban J connectivity index is 2.27. The number of carbonyl (C=O) groups is 1.